The van der Waals surface area contributed by atoms with Crippen molar-refractivity contribution in [2.75, 3.05) is 14.1 Å². The molecule has 0 bridgehead atoms. The lowest BCUT2D eigenvalue weighted by molar-refractivity contribution is -0.956. The van der Waals surface area contributed by atoms with Crippen LogP contribution < -0.4 is 0 Å². The first-order valence-electron chi connectivity index (χ1n) is 5.19. The smallest absolute Gasteiger partial charge is 0.187 e. The second-order valence-corrected chi connectivity index (χ2v) is 4.35. The Morgan fingerprint density at radius 2 is 1.80 bits per heavy atom. The highest BCUT2D eigenvalue weighted by Gasteiger charge is 2.31. The van der Waals surface area contributed by atoms with E-state index in [1.54, 1.807) is 6.92 Å². The summed E-state index contributed by atoms with van der Waals surface area (Å²) in [6, 6.07) is 10.3. The van der Waals surface area contributed by atoms with E-state index in [0.717, 1.165) is 0 Å². The molecule has 0 aliphatic heterocycles. The van der Waals surface area contributed by atoms with Crippen LogP contribution in [0.4, 0.5) is 0 Å². The minimum atomic E-state index is -0.423. The Bertz CT molecular complexity index is 317. The van der Waals surface area contributed by atoms with Crippen LogP contribution >= 0.6 is 0 Å². The van der Waals surface area contributed by atoms with Crippen molar-refractivity contribution in [3.05, 3.63) is 48.6 Å². The van der Waals surface area contributed by atoms with Crippen LogP contribution in [0.25, 0.3) is 0 Å². The van der Waals surface area contributed by atoms with E-state index in [0.29, 0.717) is 4.48 Å². The molecule has 0 radical (unpaired) electrons. The molecule has 82 valence electrons. The number of quaternary nitrogens is 1. The standard InChI is InChI=1S/C13H20NO/c1-5-13(14(3,4)11(2)15)12-9-7-6-8-10-12/h5-11,13,15H,1H2,2-4H3/q+1. The van der Waals surface area contributed by atoms with Crippen molar-refractivity contribution in [1.82, 2.24) is 0 Å². The Balaban J connectivity index is 3.05. The van der Waals surface area contributed by atoms with Crippen molar-refractivity contribution in [1.29, 1.82) is 0 Å². The van der Waals surface area contributed by atoms with Crippen LogP contribution in [-0.4, -0.2) is 29.9 Å². The summed E-state index contributed by atoms with van der Waals surface area (Å²) in [5, 5.41) is 9.77. The van der Waals surface area contributed by atoms with Crippen LogP contribution in [0.5, 0.6) is 0 Å². The van der Waals surface area contributed by atoms with Gasteiger partial charge in [0.25, 0.3) is 0 Å². The minimum Gasteiger partial charge on any atom is -0.345 e. The zero-order valence-electron chi connectivity index (χ0n) is 9.72. The first-order chi connectivity index (χ1) is 7.00. The van der Waals surface area contributed by atoms with Gasteiger partial charge in [-0.2, -0.15) is 0 Å². The number of rotatable bonds is 4. The zero-order valence-corrected chi connectivity index (χ0v) is 9.72. The van der Waals surface area contributed by atoms with Gasteiger partial charge >= 0.3 is 0 Å². The molecule has 0 heterocycles. The molecule has 0 amide bonds. The SMILES string of the molecule is C=CC(c1ccccc1)[N+](C)(C)C(C)O. The fourth-order valence-corrected chi connectivity index (χ4v) is 1.67. The van der Waals surface area contributed by atoms with Crippen LogP contribution in [0, 0.1) is 0 Å². The molecule has 0 saturated carbocycles. The van der Waals surface area contributed by atoms with Gasteiger partial charge in [-0.15, -0.1) is 0 Å². The quantitative estimate of drug-likeness (QED) is 0.455. The molecule has 1 aromatic rings. The molecular weight excluding hydrogens is 186 g/mol. The van der Waals surface area contributed by atoms with Gasteiger partial charge in [-0.1, -0.05) is 36.9 Å². The van der Waals surface area contributed by atoms with Gasteiger partial charge < -0.3 is 5.11 Å². The number of likely N-dealkylation sites (N-methyl/N-ethyl adjacent to an activating group) is 1. The van der Waals surface area contributed by atoms with Crippen molar-refractivity contribution < 1.29 is 9.59 Å². The maximum absolute atomic E-state index is 9.77. The Kier molecular flexibility index (Phi) is 3.66. The summed E-state index contributed by atoms with van der Waals surface area (Å²) in [6.45, 7) is 5.66. The highest BCUT2D eigenvalue weighted by molar-refractivity contribution is 5.20. The van der Waals surface area contributed by atoms with E-state index in [9.17, 15) is 5.11 Å². The Morgan fingerprint density at radius 3 is 2.20 bits per heavy atom. The lowest BCUT2D eigenvalue weighted by Crippen LogP contribution is -2.49. The van der Waals surface area contributed by atoms with Gasteiger partial charge in [0.2, 0.25) is 0 Å². The summed E-state index contributed by atoms with van der Waals surface area (Å²) < 4.78 is 0.494. The van der Waals surface area contributed by atoms with Gasteiger partial charge in [0.05, 0.1) is 14.1 Å². The molecule has 0 spiro atoms. The lowest BCUT2D eigenvalue weighted by atomic mass is 10.0. The average Bonchev–Trinajstić information content (AvgIpc) is 2.19. The molecular formula is C13H20NO+. The maximum Gasteiger partial charge on any atom is 0.187 e. The summed E-state index contributed by atoms with van der Waals surface area (Å²) in [4.78, 5) is 0. The van der Waals surface area contributed by atoms with Gasteiger partial charge in [-0.3, -0.25) is 4.48 Å². The van der Waals surface area contributed by atoms with Crippen molar-refractivity contribution in [3.63, 3.8) is 0 Å². The first-order valence-corrected chi connectivity index (χ1v) is 5.19. The molecule has 1 N–H and O–H groups in total. The number of benzene rings is 1. The third kappa shape index (κ3) is 2.46. The highest BCUT2D eigenvalue weighted by Crippen LogP contribution is 2.27. The van der Waals surface area contributed by atoms with Gasteiger partial charge in [0, 0.05) is 12.5 Å². The number of hydrogen-bond donors (Lipinski definition) is 1. The monoisotopic (exact) mass is 206 g/mol. The van der Waals surface area contributed by atoms with E-state index in [2.05, 4.69) is 18.7 Å². The van der Waals surface area contributed by atoms with Gasteiger partial charge in [0.1, 0.15) is 6.04 Å². The first kappa shape index (κ1) is 12.0. The number of aliphatic hydroxyl groups excluding tert-OH is 1. The topological polar surface area (TPSA) is 20.2 Å². The zero-order chi connectivity index (χ0) is 11.5. The predicted octanol–water partition coefficient (Wildman–Crippen LogP) is 2.33. The van der Waals surface area contributed by atoms with Crippen LogP contribution in [0.1, 0.15) is 18.5 Å². The number of hydrogen-bond acceptors (Lipinski definition) is 1. The Labute approximate surface area is 92.1 Å². The maximum atomic E-state index is 9.77. The fourth-order valence-electron chi connectivity index (χ4n) is 1.67. The second kappa shape index (κ2) is 4.60. The van der Waals surface area contributed by atoms with Gasteiger partial charge in [-0.05, 0) is 6.08 Å². The minimum absolute atomic E-state index is 0.117. The van der Waals surface area contributed by atoms with E-state index in [-0.39, 0.29) is 6.04 Å². The largest absolute Gasteiger partial charge is 0.345 e. The molecule has 0 aliphatic carbocycles. The van der Waals surface area contributed by atoms with E-state index in [1.807, 2.05) is 38.4 Å². The van der Waals surface area contributed by atoms with Crippen LogP contribution in [0.3, 0.4) is 0 Å². The van der Waals surface area contributed by atoms with E-state index < -0.39 is 6.23 Å². The molecule has 15 heavy (non-hydrogen) atoms. The average molecular weight is 206 g/mol. The van der Waals surface area contributed by atoms with Crippen LogP contribution in [0.2, 0.25) is 0 Å². The van der Waals surface area contributed by atoms with Crippen molar-refractivity contribution in [2.24, 2.45) is 0 Å². The fraction of sp³-hybridized carbons (Fsp3) is 0.385. The predicted molar refractivity (Wildman–Crippen MR) is 63.2 cm³/mol. The lowest BCUT2D eigenvalue weighted by Gasteiger charge is -2.39. The molecule has 2 heteroatoms. The highest BCUT2D eigenvalue weighted by atomic mass is 16.3. The van der Waals surface area contributed by atoms with Crippen molar-refractivity contribution in [2.45, 2.75) is 19.2 Å². The summed E-state index contributed by atoms with van der Waals surface area (Å²) in [5.41, 5.74) is 1.18. The summed E-state index contributed by atoms with van der Waals surface area (Å²) in [6.07, 6.45) is 1.47. The molecule has 0 aromatic heterocycles. The summed E-state index contributed by atoms with van der Waals surface area (Å²) in [7, 11) is 4.01. The molecule has 2 unspecified atom stereocenters. The number of nitrogens with zero attached hydrogens (tertiary/aromatic N) is 1. The molecule has 0 fully saturated rings. The van der Waals surface area contributed by atoms with E-state index in [4.69, 9.17) is 0 Å². The Hall–Kier alpha value is -1.12. The van der Waals surface area contributed by atoms with Gasteiger partial charge in [-0.25, -0.2) is 0 Å². The van der Waals surface area contributed by atoms with E-state index in [1.165, 1.54) is 5.56 Å². The molecule has 2 atom stereocenters. The van der Waals surface area contributed by atoms with Gasteiger partial charge in [0.15, 0.2) is 6.23 Å². The van der Waals surface area contributed by atoms with Crippen molar-refractivity contribution >= 4 is 0 Å². The summed E-state index contributed by atoms with van der Waals surface area (Å²) in [5.74, 6) is 0. The molecule has 1 aromatic carbocycles. The second-order valence-electron chi connectivity index (χ2n) is 4.35. The Morgan fingerprint density at radius 1 is 1.27 bits per heavy atom. The van der Waals surface area contributed by atoms with Crippen LogP contribution in [-0.2, 0) is 0 Å². The van der Waals surface area contributed by atoms with Crippen LogP contribution in [0.15, 0.2) is 43.0 Å². The molecule has 1 rings (SSSR count). The van der Waals surface area contributed by atoms with E-state index >= 15 is 0 Å². The summed E-state index contributed by atoms with van der Waals surface area (Å²) >= 11 is 0. The molecule has 0 saturated heterocycles. The van der Waals surface area contributed by atoms with Crippen molar-refractivity contribution in [3.8, 4) is 0 Å². The molecule has 2 nitrogen and oxygen atoms in total. The number of aliphatic hydroxyl groups is 1. The third-order valence-electron chi connectivity index (χ3n) is 3.04. The normalized spacial score (nSPS) is 15.7. The molecule has 0 aliphatic rings. The third-order valence-corrected chi connectivity index (χ3v) is 3.04.